The van der Waals surface area contributed by atoms with Gasteiger partial charge in [-0.25, -0.2) is 4.98 Å². The van der Waals surface area contributed by atoms with Crippen molar-refractivity contribution < 1.29 is 14.3 Å². The van der Waals surface area contributed by atoms with Crippen molar-refractivity contribution >= 4 is 34.0 Å². The molecule has 1 N–H and O–H groups in total. The molecule has 1 aromatic carbocycles. The number of aromatic nitrogens is 1. The van der Waals surface area contributed by atoms with Crippen LogP contribution in [0, 0.1) is 0 Å². The Morgan fingerprint density at radius 2 is 2.12 bits per heavy atom. The van der Waals surface area contributed by atoms with Gasteiger partial charge in [-0.2, -0.15) is 0 Å². The fourth-order valence-electron chi connectivity index (χ4n) is 2.34. The fourth-order valence-corrected chi connectivity index (χ4v) is 2.86. The molecule has 1 aromatic heterocycles. The van der Waals surface area contributed by atoms with E-state index in [2.05, 4.69) is 10.3 Å². The molecule has 7 heteroatoms. The van der Waals surface area contributed by atoms with Gasteiger partial charge in [-0.1, -0.05) is 6.92 Å². The third-order valence-electron chi connectivity index (χ3n) is 3.48. The SMILES string of the molecule is CCCC(=O)N(CC)c1ccc(C(=O)Nc2nccs2)c(OC)c1. The number of ether oxygens (including phenoxy) is 1. The molecule has 2 rings (SSSR count). The predicted molar refractivity (Wildman–Crippen MR) is 96.0 cm³/mol. The molecular weight excluding hydrogens is 326 g/mol. The molecule has 0 spiro atoms. The van der Waals surface area contributed by atoms with Crippen molar-refractivity contribution in [1.82, 2.24) is 4.98 Å². The Bertz CT molecular complexity index is 701. The number of amides is 2. The van der Waals surface area contributed by atoms with Crippen LogP contribution < -0.4 is 15.0 Å². The lowest BCUT2D eigenvalue weighted by atomic mass is 10.1. The number of benzene rings is 1. The first kappa shape index (κ1) is 17.9. The first-order valence-electron chi connectivity index (χ1n) is 7.79. The molecule has 128 valence electrons. The van der Waals surface area contributed by atoms with Crippen LogP contribution in [0.15, 0.2) is 29.8 Å². The molecule has 0 bridgehead atoms. The molecule has 0 saturated carbocycles. The summed E-state index contributed by atoms with van der Waals surface area (Å²) in [4.78, 5) is 30.3. The number of thiazole rings is 1. The number of carbonyl (C=O) groups is 2. The molecule has 0 aliphatic carbocycles. The monoisotopic (exact) mass is 347 g/mol. The summed E-state index contributed by atoms with van der Waals surface area (Å²) in [7, 11) is 1.50. The minimum absolute atomic E-state index is 0.0574. The van der Waals surface area contributed by atoms with E-state index >= 15 is 0 Å². The van der Waals surface area contributed by atoms with Crippen LogP contribution in [0.1, 0.15) is 37.0 Å². The maximum atomic E-state index is 12.4. The largest absolute Gasteiger partial charge is 0.496 e. The second kappa shape index (κ2) is 8.44. The normalized spacial score (nSPS) is 10.3. The summed E-state index contributed by atoms with van der Waals surface area (Å²) in [5.74, 6) is 0.183. The van der Waals surface area contributed by atoms with Crippen LogP contribution in [-0.4, -0.2) is 30.5 Å². The smallest absolute Gasteiger partial charge is 0.261 e. The highest BCUT2D eigenvalue weighted by Gasteiger charge is 2.18. The molecule has 0 radical (unpaired) electrons. The fraction of sp³-hybridized carbons (Fsp3) is 0.353. The number of nitrogens with one attached hydrogen (secondary N) is 1. The summed E-state index contributed by atoms with van der Waals surface area (Å²) in [6.45, 7) is 4.45. The zero-order valence-corrected chi connectivity index (χ0v) is 14.9. The van der Waals surface area contributed by atoms with E-state index in [0.717, 1.165) is 12.1 Å². The average molecular weight is 347 g/mol. The third-order valence-corrected chi connectivity index (χ3v) is 4.16. The molecular formula is C17H21N3O3S. The van der Waals surface area contributed by atoms with Crippen molar-refractivity contribution in [2.75, 3.05) is 23.9 Å². The maximum Gasteiger partial charge on any atom is 0.261 e. The van der Waals surface area contributed by atoms with Gasteiger partial charge in [-0.3, -0.25) is 14.9 Å². The first-order valence-corrected chi connectivity index (χ1v) is 8.67. The Morgan fingerprint density at radius 3 is 2.71 bits per heavy atom. The van der Waals surface area contributed by atoms with E-state index in [4.69, 9.17) is 4.74 Å². The zero-order chi connectivity index (χ0) is 17.5. The second-order valence-electron chi connectivity index (χ2n) is 5.06. The van der Waals surface area contributed by atoms with Gasteiger partial charge in [0.15, 0.2) is 5.13 Å². The van der Waals surface area contributed by atoms with Gasteiger partial charge >= 0.3 is 0 Å². The molecule has 1 heterocycles. The molecule has 0 aliphatic heterocycles. The molecule has 2 amide bonds. The van der Waals surface area contributed by atoms with E-state index in [9.17, 15) is 9.59 Å². The van der Waals surface area contributed by atoms with Crippen LogP contribution in [-0.2, 0) is 4.79 Å². The lowest BCUT2D eigenvalue weighted by Crippen LogP contribution is -2.30. The van der Waals surface area contributed by atoms with Gasteiger partial charge in [0.2, 0.25) is 5.91 Å². The number of rotatable bonds is 7. The number of nitrogens with zero attached hydrogens (tertiary/aromatic N) is 2. The summed E-state index contributed by atoms with van der Waals surface area (Å²) in [5.41, 5.74) is 1.12. The van der Waals surface area contributed by atoms with Crippen LogP contribution in [0.25, 0.3) is 0 Å². The Morgan fingerprint density at radius 1 is 1.33 bits per heavy atom. The highest BCUT2D eigenvalue weighted by atomic mass is 32.1. The molecule has 24 heavy (non-hydrogen) atoms. The van der Waals surface area contributed by atoms with Crippen LogP contribution >= 0.6 is 11.3 Å². The topological polar surface area (TPSA) is 71.5 Å². The molecule has 0 aliphatic rings. The van der Waals surface area contributed by atoms with Crippen molar-refractivity contribution in [2.45, 2.75) is 26.7 Å². The van der Waals surface area contributed by atoms with E-state index < -0.39 is 0 Å². The highest BCUT2D eigenvalue weighted by Crippen LogP contribution is 2.27. The number of methoxy groups -OCH3 is 1. The van der Waals surface area contributed by atoms with E-state index in [-0.39, 0.29) is 11.8 Å². The van der Waals surface area contributed by atoms with Crippen LogP contribution in [0.4, 0.5) is 10.8 Å². The van der Waals surface area contributed by atoms with Gasteiger partial charge in [0.25, 0.3) is 5.91 Å². The van der Waals surface area contributed by atoms with E-state index in [1.54, 1.807) is 34.7 Å². The van der Waals surface area contributed by atoms with Crippen molar-refractivity contribution in [3.05, 3.63) is 35.3 Å². The standard InChI is InChI=1S/C17H21N3O3S/c1-4-6-15(21)20(5-2)12-7-8-13(14(11-12)23-3)16(22)19-17-18-9-10-24-17/h7-11H,4-6H2,1-3H3,(H,18,19,22). The van der Waals surface area contributed by atoms with E-state index in [1.165, 1.54) is 18.4 Å². The Balaban J connectivity index is 2.26. The van der Waals surface area contributed by atoms with Crippen LogP contribution in [0.3, 0.4) is 0 Å². The lowest BCUT2D eigenvalue weighted by molar-refractivity contribution is -0.118. The van der Waals surface area contributed by atoms with E-state index in [0.29, 0.717) is 29.4 Å². The highest BCUT2D eigenvalue weighted by molar-refractivity contribution is 7.13. The third kappa shape index (κ3) is 4.11. The van der Waals surface area contributed by atoms with Gasteiger partial charge in [-0.05, 0) is 25.5 Å². The van der Waals surface area contributed by atoms with Crippen molar-refractivity contribution in [1.29, 1.82) is 0 Å². The molecule has 0 atom stereocenters. The van der Waals surface area contributed by atoms with E-state index in [1.807, 2.05) is 13.8 Å². The van der Waals surface area contributed by atoms with Gasteiger partial charge in [0.05, 0.1) is 12.7 Å². The summed E-state index contributed by atoms with van der Waals surface area (Å²) in [5, 5.41) is 5.04. The summed E-state index contributed by atoms with van der Waals surface area (Å²) >= 11 is 1.34. The summed E-state index contributed by atoms with van der Waals surface area (Å²) in [6, 6.07) is 5.14. The van der Waals surface area contributed by atoms with Crippen molar-refractivity contribution in [2.24, 2.45) is 0 Å². The number of carbonyl (C=O) groups excluding carboxylic acids is 2. The van der Waals surface area contributed by atoms with Crippen LogP contribution in [0.5, 0.6) is 5.75 Å². The van der Waals surface area contributed by atoms with Gasteiger partial charge < -0.3 is 9.64 Å². The molecule has 0 saturated heterocycles. The Hall–Kier alpha value is -2.41. The molecule has 0 unspecified atom stereocenters. The van der Waals surface area contributed by atoms with Crippen LogP contribution in [0.2, 0.25) is 0 Å². The number of anilines is 2. The minimum atomic E-state index is -0.295. The van der Waals surface area contributed by atoms with Crippen molar-refractivity contribution in [3.8, 4) is 5.75 Å². The first-order chi connectivity index (χ1) is 11.6. The summed E-state index contributed by atoms with van der Waals surface area (Å²) < 4.78 is 5.34. The molecule has 0 fully saturated rings. The average Bonchev–Trinajstić information content (AvgIpc) is 3.08. The zero-order valence-electron chi connectivity index (χ0n) is 14.0. The molecule has 6 nitrogen and oxygen atoms in total. The lowest BCUT2D eigenvalue weighted by Gasteiger charge is -2.22. The quantitative estimate of drug-likeness (QED) is 0.831. The number of hydrogen-bond donors (Lipinski definition) is 1. The minimum Gasteiger partial charge on any atom is -0.496 e. The maximum absolute atomic E-state index is 12.4. The second-order valence-corrected chi connectivity index (χ2v) is 5.96. The predicted octanol–water partition coefficient (Wildman–Crippen LogP) is 3.56. The van der Waals surface area contributed by atoms with Gasteiger partial charge in [0, 0.05) is 36.3 Å². The van der Waals surface area contributed by atoms with Gasteiger partial charge in [0.1, 0.15) is 5.75 Å². The Labute approximate surface area is 145 Å². The number of hydrogen-bond acceptors (Lipinski definition) is 5. The van der Waals surface area contributed by atoms with Gasteiger partial charge in [-0.15, -0.1) is 11.3 Å². The summed E-state index contributed by atoms with van der Waals surface area (Å²) in [6.07, 6.45) is 2.91. The van der Waals surface area contributed by atoms with Crippen molar-refractivity contribution in [3.63, 3.8) is 0 Å². The Kier molecular flexibility index (Phi) is 6.31. The molecule has 2 aromatic rings.